The van der Waals surface area contributed by atoms with E-state index in [9.17, 15) is 19.1 Å². The van der Waals surface area contributed by atoms with E-state index < -0.39 is 23.9 Å². The standard InChI is InChI=1S/C21H20ClFN4O3/c1-12-10-26(7-6-24-12)14-3-5-18-15(9-14)21(30)27(11-19(28)29)20(25-18)13-2-4-17(23)16(22)8-13/h2-5,8-9,12,24H,6-7,10-11H2,1H3,(H,28,29). The van der Waals surface area contributed by atoms with E-state index >= 15 is 0 Å². The molecule has 1 aromatic heterocycles. The fraction of sp³-hybridized carbons (Fsp3) is 0.286. The second-order valence-corrected chi connectivity index (χ2v) is 7.76. The van der Waals surface area contributed by atoms with Crippen molar-refractivity contribution in [1.29, 1.82) is 0 Å². The van der Waals surface area contributed by atoms with Crippen LogP contribution in [0.2, 0.25) is 5.02 Å². The van der Waals surface area contributed by atoms with E-state index in [0.29, 0.717) is 22.5 Å². The summed E-state index contributed by atoms with van der Waals surface area (Å²) in [7, 11) is 0. The van der Waals surface area contributed by atoms with Crippen LogP contribution in [0.5, 0.6) is 0 Å². The summed E-state index contributed by atoms with van der Waals surface area (Å²) in [6.45, 7) is 3.97. The van der Waals surface area contributed by atoms with E-state index in [1.807, 2.05) is 6.07 Å². The summed E-state index contributed by atoms with van der Waals surface area (Å²) in [5.74, 6) is -1.66. The molecule has 1 aliphatic rings. The van der Waals surface area contributed by atoms with Gasteiger partial charge in [0.1, 0.15) is 18.2 Å². The molecule has 1 aliphatic heterocycles. The monoisotopic (exact) mass is 430 g/mol. The average Bonchev–Trinajstić information content (AvgIpc) is 2.71. The van der Waals surface area contributed by atoms with Gasteiger partial charge in [-0.1, -0.05) is 11.6 Å². The lowest BCUT2D eigenvalue weighted by molar-refractivity contribution is -0.137. The number of nitrogens with one attached hydrogen (secondary N) is 1. The van der Waals surface area contributed by atoms with E-state index in [1.54, 1.807) is 12.1 Å². The molecule has 1 fully saturated rings. The zero-order chi connectivity index (χ0) is 21.4. The minimum atomic E-state index is -1.18. The summed E-state index contributed by atoms with van der Waals surface area (Å²) in [6, 6.07) is 9.63. The summed E-state index contributed by atoms with van der Waals surface area (Å²) < 4.78 is 14.7. The number of benzene rings is 2. The summed E-state index contributed by atoms with van der Waals surface area (Å²) >= 11 is 5.88. The molecule has 2 N–H and O–H groups in total. The van der Waals surface area contributed by atoms with Crippen LogP contribution in [0.3, 0.4) is 0 Å². The number of halogens is 2. The number of rotatable bonds is 4. The Kier molecular flexibility index (Phi) is 5.44. The van der Waals surface area contributed by atoms with Crippen LogP contribution in [0.4, 0.5) is 10.1 Å². The number of fused-ring (bicyclic) bond motifs is 1. The van der Waals surface area contributed by atoms with Gasteiger partial charge in [-0.3, -0.25) is 14.2 Å². The van der Waals surface area contributed by atoms with E-state index in [1.165, 1.54) is 12.1 Å². The number of carboxylic acids is 1. The Bertz CT molecular complexity index is 1200. The fourth-order valence-electron chi connectivity index (χ4n) is 3.71. The van der Waals surface area contributed by atoms with Crippen LogP contribution in [0.15, 0.2) is 41.2 Å². The highest BCUT2D eigenvalue weighted by Gasteiger charge is 2.19. The van der Waals surface area contributed by atoms with Gasteiger partial charge in [0.05, 0.1) is 15.9 Å². The Morgan fingerprint density at radius 2 is 2.13 bits per heavy atom. The molecule has 0 bridgehead atoms. The van der Waals surface area contributed by atoms with E-state index in [0.717, 1.165) is 36.0 Å². The first-order chi connectivity index (χ1) is 14.3. The number of carboxylic acid groups (broad SMARTS) is 1. The van der Waals surface area contributed by atoms with Crippen molar-refractivity contribution in [3.8, 4) is 11.4 Å². The maximum absolute atomic E-state index is 13.6. The number of piperazine rings is 1. The number of carbonyl (C=O) groups is 1. The molecule has 0 saturated carbocycles. The van der Waals surface area contributed by atoms with Crippen LogP contribution in [0.25, 0.3) is 22.3 Å². The number of aliphatic carboxylic acids is 1. The molecular weight excluding hydrogens is 411 g/mol. The van der Waals surface area contributed by atoms with Crippen molar-refractivity contribution in [2.24, 2.45) is 0 Å². The van der Waals surface area contributed by atoms with Crippen LogP contribution in [-0.2, 0) is 11.3 Å². The van der Waals surface area contributed by atoms with Crippen molar-refractivity contribution in [1.82, 2.24) is 14.9 Å². The molecule has 0 aliphatic carbocycles. The Balaban J connectivity index is 1.88. The molecule has 3 aromatic rings. The molecule has 1 atom stereocenters. The lowest BCUT2D eigenvalue weighted by atomic mass is 10.1. The van der Waals surface area contributed by atoms with Crippen LogP contribution >= 0.6 is 11.6 Å². The number of anilines is 1. The highest BCUT2D eigenvalue weighted by atomic mass is 35.5. The molecule has 0 amide bonds. The highest BCUT2D eigenvalue weighted by molar-refractivity contribution is 6.31. The summed E-state index contributed by atoms with van der Waals surface area (Å²) in [4.78, 5) is 31.3. The minimum absolute atomic E-state index is 0.125. The van der Waals surface area contributed by atoms with E-state index in [4.69, 9.17) is 11.6 Å². The zero-order valence-corrected chi connectivity index (χ0v) is 17.0. The van der Waals surface area contributed by atoms with Gasteiger partial charge in [-0.15, -0.1) is 0 Å². The number of hydrogen-bond donors (Lipinski definition) is 2. The Hall–Kier alpha value is -2.97. The van der Waals surface area contributed by atoms with Gasteiger partial charge in [0.15, 0.2) is 0 Å². The summed E-state index contributed by atoms with van der Waals surface area (Å²) in [5, 5.41) is 12.9. The van der Waals surface area contributed by atoms with E-state index in [-0.39, 0.29) is 10.8 Å². The molecule has 0 spiro atoms. The van der Waals surface area contributed by atoms with Crippen molar-refractivity contribution in [2.45, 2.75) is 19.5 Å². The van der Waals surface area contributed by atoms with Gasteiger partial charge in [0.25, 0.3) is 5.56 Å². The normalized spacial score (nSPS) is 16.8. The first kappa shape index (κ1) is 20.3. The molecular formula is C21H20ClFN4O3. The van der Waals surface area contributed by atoms with Crippen LogP contribution in [0.1, 0.15) is 6.92 Å². The van der Waals surface area contributed by atoms with Gasteiger partial charge in [-0.25, -0.2) is 9.37 Å². The largest absolute Gasteiger partial charge is 0.480 e. The lowest BCUT2D eigenvalue weighted by Crippen LogP contribution is -2.49. The number of nitrogens with zero attached hydrogens (tertiary/aromatic N) is 3. The van der Waals surface area contributed by atoms with Gasteiger partial charge in [0.2, 0.25) is 0 Å². The van der Waals surface area contributed by atoms with Crippen molar-refractivity contribution < 1.29 is 14.3 Å². The molecule has 1 saturated heterocycles. The summed E-state index contributed by atoms with van der Waals surface area (Å²) in [5.41, 5.74) is 1.21. The second-order valence-electron chi connectivity index (χ2n) is 7.35. The molecule has 2 heterocycles. The molecule has 0 radical (unpaired) electrons. The third kappa shape index (κ3) is 3.88. The average molecular weight is 431 g/mol. The predicted octanol–water partition coefficient (Wildman–Crippen LogP) is 2.74. The number of hydrogen-bond acceptors (Lipinski definition) is 5. The van der Waals surface area contributed by atoms with E-state index in [2.05, 4.69) is 22.1 Å². The van der Waals surface area contributed by atoms with Crippen LogP contribution in [-0.4, -0.2) is 46.3 Å². The molecule has 30 heavy (non-hydrogen) atoms. The van der Waals surface area contributed by atoms with Gasteiger partial charge < -0.3 is 15.3 Å². The SMILES string of the molecule is CC1CN(c2ccc3nc(-c4ccc(F)c(Cl)c4)n(CC(=O)O)c(=O)c3c2)CCN1. The Morgan fingerprint density at radius 1 is 1.33 bits per heavy atom. The molecule has 1 unspecified atom stereocenters. The molecule has 156 valence electrons. The van der Waals surface area contributed by atoms with Gasteiger partial charge in [-0.2, -0.15) is 0 Å². The molecule has 9 heteroatoms. The maximum atomic E-state index is 13.6. The highest BCUT2D eigenvalue weighted by Crippen LogP contribution is 2.26. The van der Waals surface area contributed by atoms with Gasteiger partial charge >= 0.3 is 5.97 Å². The predicted molar refractivity (Wildman–Crippen MR) is 114 cm³/mol. The Morgan fingerprint density at radius 3 is 2.83 bits per heavy atom. The van der Waals surface area contributed by atoms with Crippen molar-refractivity contribution in [3.63, 3.8) is 0 Å². The fourth-order valence-corrected chi connectivity index (χ4v) is 3.89. The van der Waals surface area contributed by atoms with Crippen LogP contribution < -0.4 is 15.8 Å². The zero-order valence-electron chi connectivity index (χ0n) is 16.2. The summed E-state index contributed by atoms with van der Waals surface area (Å²) in [6.07, 6.45) is 0. The molecule has 2 aromatic carbocycles. The quantitative estimate of drug-likeness (QED) is 0.661. The third-order valence-electron chi connectivity index (χ3n) is 5.14. The first-order valence-electron chi connectivity index (χ1n) is 9.53. The topological polar surface area (TPSA) is 87.5 Å². The smallest absolute Gasteiger partial charge is 0.323 e. The van der Waals surface area contributed by atoms with Gasteiger partial charge in [0, 0.05) is 36.9 Å². The first-order valence-corrected chi connectivity index (χ1v) is 9.91. The van der Waals surface area contributed by atoms with Crippen LogP contribution in [0, 0.1) is 5.82 Å². The molecule has 4 rings (SSSR count). The Labute approximate surface area is 176 Å². The maximum Gasteiger partial charge on any atom is 0.323 e. The lowest BCUT2D eigenvalue weighted by Gasteiger charge is -2.33. The minimum Gasteiger partial charge on any atom is -0.480 e. The van der Waals surface area contributed by atoms with Crippen molar-refractivity contribution in [3.05, 3.63) is 57.6 Å². The second kappa shape index (κ2) is 8.04. The molecule has 7 nitrogen and oxygen atoms in total. The van der Waals surface area contributed by atoms with Crippen molar-refractivity contribution in [2.75, 3.05) is 24.5 Å². The number of aromatic nitrogens is 2. The van der Waals surface area contributed by atoms with Gasteiger partial charge in [-0.05, 0) is 43.3 Å². The van der Waals surface area contributed by atoms with Crippen molar-refractivity contribution >= 4 is 34.2 Å². The third-order valence-corrected chi connectivity index (χ3v) is 5.43.